The van der Waals surface area contributed by atoms with Gasteiger partial charge < -0.3 is 4.42 Å². The SMILES string of the molecule is CC(=O)c1cccc(-c2ccc(/C=C3\C(=O)NC(=O)N(c4ccc(Br)c(C)c4)C3=O)o2)c1. The average Bonchev–Trinajstić information content (AvgIpc) is 3.22. The molecule has 2 heterocycles. The normalized spacial score (nSPS) is 15.3. The van der Waals surface area contributed by atoms with Crippen molar-refractivity contribution in [3.05, 3.63) is 81.5 Å². The predicted molar refractivity (Wildman–Crippen MR) is 122 cm³/mol. The summed E-state index contributed by atoms with van der Waals surface area (Å²) >= 11 is 3.38. The molecule has 0 bridgehead atoms. The number of hydrogen-bond acceptors (Lipinski definition) is 5. The van der Waals surface area contributed by atoms with Gasteiger partial charge in [0.1, 0.15) is 17.1 Å². The number of anilines is 1. The van der Waals surface area contributed by atoms with Gasteiger partial charge >= 0.3 is 6.03 Å². The number of urea groups is 1. The van der Waals surface area contributed by atoms with Gasteiger partial charge in [-0.25, -0.2) is 9.69 Å². The van der Waals surface area contributed by atoms with E-state index < -0.39 is 17.8 Å². The Morgan fingerprint density at radius 2 is 1.84 bits per heavy atom. The number of aryl methyl sites for hydroxylation is 1. The maximum Gasteiger partial charge on any atom is 0.335 e. The van der Waals surface area contributed by atoms with Crippen LogP contribution >= 0.6 is 15.9 Å². The molecule has 1 aliphatic rings. The molecule has 4 amide bonds. The molecule has 160 valence electrons. The Morgan fingerprint density at radius 3 is 2.56 bits per heavy atom. The number of ketones is 1. The summed E-state index contributed by atoms with van der Waals surface area (Å²) in [4.78, 5) is 50.3. The van der Waals surface area contributed by atoms with E-state index in [0.29, 0.717) is 22.6 Å². The van der Waals surface area contributed by atoms with Crippen molar-refractivity contribution in [3.8, 4) is 11.3 Å². The fourth-order valence-corrected chi connectivity index (χ4v) is 3.53. The third kappa shape index (κ3) is 4.04. The number of halogens is 1. The first kappa shape index (κ1) is 21.5. The molecule has 7 nitrogen and oxygen atoms in total. The van der Waals surface area contributed by atoms with Crippen molar-refractivity contribution >= 4 is 51.3 Å². The van der Waals surface area contributed by atoms with Crippen LogP contribution in [-0.2, 0) is 9.59 Å². The van der Waals surface area contributed by atoms with Crippen LogP contribution in [0, 0.1) is 6.92 Å². The largest absolute Gasteiger partial charge is 0.457 e. The lowest BCUT2D eigenvalue weighted by molar-refractivity contribution is -0.122. The molecule has 2 aromatic carbocycles. The third-order valence-corrected chi connectivity index (χ3v) is 5.86. The van der Waals surface area contributed by atoms with Gasteiger partial charge in [-0.1, -0.05) is 34.1 Å². The number of Topliss-reactive ketones (excluding diaryl/α,β-unsaturated/α-hetero) is 1. The maximum atomic E-state index is 13.0. The highest BCUT2D eigenvalue weighted by Crippen LogP contribution is 2.28. The van der Waals surface area contributed by atoms with E-state index in [-0.39, 0.29) is 17.1 Å². The average molecular weight is 493 g/mol. The first-order chi connectivity index (χ1) is 15.2. The number of benzene rings is 2. The number of nitrogens with one attached hydrogen (secondary N) is 1. The van der Waals surface area contributed by atoms with E-state index in [1.54, 1.807) is 54.6 Å². The molecule has 1 aromatic heterocycles. The van der Waals surface area contributed by atoms with Gasteiger partial charge in [0.15, 0.2) is 5.78 Å². The first-order valence-corrected chi connectivity index (χ1v) is 10.4. The summed E-state index contributed by atoms with van der Waals surface area (Å²) < 4.78 is 6.61. The Morgan fingerprint density at radius 1 is 1.06 bits per heavy atom. The van der Waals surface area contributed by atoms with Crippen LogP contribution in [0.15, 0.2) is 69.1 Å². The summed E-state index contributed by atoms with van der Waals surface area (Å²) in [6, 6.07) is 14.4. The van der Waals surface area contributed by atoms with E-state index in [0.717, 1.165) is 14.9 Å². The van der Waals surface area contributed by atoms with Crippen molar-refractivity contribution < 1.29 is 23.6 Å². The topological polar surface area (TPSA) is 96.7 Å². The minimum absolute atomic E-state index is 0.0712. The molecule has 0 unspecified atom stereocenters. The number of furan rings is 1. The van der Waals surface area contributed by atoms with Crippen LogP contribution < -0.4 is 10.2 Å². The van der Waals surface area contributed by atoms with Crippen LogP contribution in [0.5, 0.6) is 0 Å². The monoisotopic (exact) mass is 492 g/mol. The minimum atomic E-state index is -0.819. The lowest BCUT2D eigenvalue weighted by Gasteiger charge is -2.26. The molecule has 8 heteroatoms. The van der Waals surface area contributed by atoms with E-state index in [1.807, 2.05) is 6.92 Å². The van der Waals surface area contributed by atoms with Gasteiger partial charge in [-0.05, 0) is 61.9 Å². The standard InChI is InChI=1S/C24H17BrN2O5/c1-13-10-17(6-8-20(13)25)27-23(30)19(22(29)26-24(27)31)12-18-7-9-21(32-18)16-5-3-4-15(11-16)14(2)28/h3-12H,1-2H3,(H,26,29,31)/b19-12+. The second-order valence-electron chi connectivity index (χ2n) is 7.23. The van der Waals surface area contributed by atoms with E-state index in [4.69, 9.17) is 4.42 Å². The number of hydrogen-bond donors (Lipinski definition) is 1. The number of barbiturate groups is 1. The zero-order valence-corrected chi connectivity index (χ0v) is 18.7. The molecule has 0 atom stereocenters. The Balaban J connectivity index is 1.67. The first-order valence-electron chi connectivity index (χ1n) is 9.63. The Hall–Kier alpha value is -3.78. The zero-order chi connectivity index (χ0) is 23.0. The molecule has 0 aliphatic carbocycles. The molecule has 4 rings (SSSR count). The highest BCUT2D eigenvalue weighted by molar-refractivity contribution is 9.10. The fraction of sp³-hybridized carbons (Fsp3) is 0.0833. The van der Waals surface area contributed by atoms with Gasteiger partial charge in [-0.3, -0.25) is 19.7 Å². The van der Waals surface area contributed by atoms with E-state index in [9.17, 15) is 19.2 Å². The highest BCUT2D eigenvalue weighted by atomic mass is 79.9. The lowest BCUT2D eigenvalue weighted by atomic mass is 10.1. The van der Waals surface area contributed by atoms with Crippen molar-refractivity contribution in [2.75, 3.05) is 4.90 Å². The van der Waals surface area contributed by atoms with Crippen molar-refractivity contribution in [3.63, 3.8) is 0 Å². The second kappa shape index (κ2) is 8.39. The molecule has 3 aromatic rings. The van der Waals surface area contributed by atoms with Crippen molar-refractivity contribution in [2.45, 2.75) is 13.8 Å². The summed E-state index contributed by atoms with van der Waals surface area (Å²) in [6.07, 6.45) is 1.29. The molecule has 1 fully saturated rings. The van der Waals surface area contributed by atoms with E-state index in [1.165, 1.54) is 13.0 Å². The molecular formula is C24H17BrN2O5. The van der Waals surface area contributed by atoms with E-state index in [2.05, 4.69) is 21.2 Å². The van der Waals surface area contributed by atoms with Crippen LogP contribution in [-0.4, -0.2) is 23.6 Å². The smallest absolute Gasteiger partial charge is 0.335 e. The van der Waals surface area contributed by atoms with Gasteiger partial charge in [0.25, 0.3) is 11.8 Å². The highest BCUT2D eigenvalue weighted by Gasteiger charge is 2.37. The summed E-state index contributed by atoms with van der Waals surface area (Å²) in [5.74, 6) is -0.898. The third-order valence-electron chi connectivity index (χ3n) is 4.97. The number of rotatable bonds is 4. The summed E-state index contributed by atoms with van der Waals surface area (Å²) in [7, 11) is 0. The van der Waals surface area contributed by atoms with Gasteiger partial charge in [0.05, 0.1) is 5.69 Å². The Labute approximate surface area is 191 Å². The van der Waals surface area contributed by atoms with Crippen LogP contribution in [0.25, 0.3) is 17.4 Å². The quantitative estimate of drug-likeness (QED) is 0.317. The molecular weight excluding hydrogens is 476 g/mol. The van der Waals surface area contributed by atoms with Gasteiger partial charge in [-0.15, -0.1) is 0 Å². The molecule has 1 saturated heterocycles. The molecule has 0 saturated carbocycles. The van der Waals surface area contributed by atoms with Gasteiger partial charge in [-0.2, -0.15) is 0 Å². The Kier molecular flexibility index (Phi) is 5.63. The minimum Gasteiger partial charge on any atom is -0.457 e. The number of imide groups is 2. The number of carbonyl (C=O) groups is 4. The van der Waals surface area contributed by atoms with E-state index >= 15 is 0 Å². The van der Waals surface area contributed by atoms with Crippen LogP contribution in [0.2, 0.25) is 0 Å². The van der Waals surface area contributed by atoms with Crippen LogP contribution in [0.1, 0.15) is 28.6 Å². The number of nitrogens with zero attached hydrogens (tertiary/aromatic N) is 1. The molecule has 0 radical (unpaired) electrons. The van der Waals surface area contributed by atoms with Gasteiger partial charge in [0, 0.05) is 15.6 Å². The number of carbonyl (C=O) groups excluding carboxylic acids is 4. The second-order valence-corrected chi connectivity index (χ2v) is 8.08. The van der Waals surface area contributed by atoms with Crippen molar-refractivity contribution in [2.24, 2.45) is 0 Å². The lowest BCUT2D eigenvalue weighted by Crippen LogP contribution is -2.54. The fourth-order valence-electron chi connectivity index (χ4n) is 3.28. The van der Waals surface area contributed by atoms with Gasteiger partial charge in [0.2, 0.25) is 0 Å². The summed E-state index contributed by atoms with van der Waals surface area (Å²) in [5, 5.41) is 2.19. The summed E-state index contributed by atoms with van der Waals surface area (Å²) in [5.41, 5.74) is 2.16. The maximum absolute atomic E-state index is 13.0. The molecule has 32 heavy (non-hydrogen) atoms. The molecule has 1 aliphatic heterocycles. The predicted octanol–water partition coefficient (Wildman–Crippen LogP) is 4.89. The van der Waals surface area contributed by atoms with Crippen LogP contribution in [0.4, 0.5) is 10.5 Å². The van der Waals surface area contributed by atoms with Crippen molar-refractivity contribution in [1.82, 2.24) is 5.32 Å². The Bertz CT molecular complexity index is 1320. The zero-order valence-electron chi connectivity index (χ0n) is 17.1. The summed E-state index contributed by atoms with van der Waals surface area (Å²) in [6.45, 7) is 3.30. The molecule has 0 spiro atoms. The number of amides is 4. The van der Waals surface area contributed by atoms with Crippen LogP contribution in [0.3, 0.4) is 0 Å². The molecule has 1 N–H and O–H groups in total. The van der Waals surface area contributed by atoms with Crippen molar-refractivity contribution in [1.29, 1.82) is 0 Å².